The van der Waals surface area contributed by atoms with Crippen molar-refractivity contribution in [1.82, 2.24) is 20.8 Å². The minimum absolute atomic E-state index is 0.489. The normalized spacial score (nSPS) is 17.2. The van der Waals surface area contributed by atoms with Crippen molar-refractivity contribution in [3.05, 3.63) is 17.0 Å². The molecule has 0 spiro atoms. The summed E-state index contributed by atoms with van der Waals surface area (Å²) in [5, 5.41) is 14.6. The second-order valence-electron chi connectivity index (χ2n) is 5.28. The fourth-order valence-corrected chi connectivity index (χ4v) is 2.58. The van der Waals surface area contributed by atoms with Crippen LogP contribution in [0.5, 0.6) is 0 Å². The lowest BCUT2D eigenvalue weighted by Gasteiger charge is -2.13. The van der Waals surface area contributed by atoms with Crippen molar-refractivity contribution < 1.29 is 0 Å². The molecule has 1 heterocycles. The molecular weight excluding hydrogens is 224 g/mol. The molecule has 0 amide bonds. The number of hydrogen-bond donors (Lipinski definition) is 3. The molecule has 1 atom stereocenters. The van der Waals surface area contributed by atoms with Crippen molar-refractivity contribution in [2.45, 2.75) is 58.5 Å². The van der Waals surface area contributed by atoms with E-state index in [1.54, 1.807) is 0 Å². The number of H-pyrrole nitrogens is 1. The zero-order chi connectivity index (χ0) is 12.8. The lowest BCUT2D eigenvalue weighted by Crippen LogP contribution is -2.36. The molecule has 3 N–H and O–H groups in total. The van der Waals surface area contributed by atoms with Crippen LogP contribution in [0.1, 0.15) is 50.1 Å². The number of rotatable bonds is 6. The van der Waals surface area contributed by atoms with Gasteiger partial charge in [0.25, 0.3) is 0 Å². The molecule has 2 rings (SSSR count). The topological polar surface area (TPSA) is 52.7 Å². The molecule has 4 heteroatoms. The highest BCUT2D eigenvalue weighted by molar-refractivity contribution is 5.26. The van der Waals surface area contributed by atoms with Crippen molar-refractivity contribution in [3.8, 4) is 0 Å². The van der Waals surface area contributed by atoms with E-state index in [1.807, 2.05) is 0 Å². The molecule has 0 radical (unpaired) electrons. The Hall–Kier alpha value is -0.870. The summed E-state index contributed by atoms with van der Waals surface area (Å²) in [5.74, 6) is 0. The molecule has 0 saturated carbocycles. The van der Waals surface area contributed by atoms with Gasteiger partial charge in [-0.1, -0.05) is 13.3 Å². The average Bonchev–Trinajstić information content (AvgIpc) is 2.61. The highest BCUT2D eigenvalue weighted by atomic mass is 15.1. The summed E-state index contributed by atoms with van der Waals surface area (Å²) >= 11 is 0. The largest absolute Gasteiger partial charge is 0.315 e. The van der Waals surface area contributed by atoms with Crippen LogP contribution in [0.4, 0.5) is 0 Å². The van der Waals surface area contributed by atoms with Gasteiger partial charge in [-0.15, -0.1) is 0 Å². The Labute approximate surface area is 110 Å². The van der Waals surface area contributed by atoms with Gasteiger partial charge in [0.1, 0.15) is 0 Å². The summed E-state index contributed by atoms with van der Waals surface area (Å²) < 4.78 is 0. The van der Waals surface area contributed by atoms with Crippen molar-refractivity contribution in [1.29, 1.82) is 0 Å². The van der Waals surface area contributed by atoms with E-state index in [4.69, 9.17) is 0 Å². The van der Waals surface area contributed by atoms with Crippen LogP contribution in [0.3, 0.4) is 0 Å². The van der Waals surface area contributed by atoms with E-state index < -0.39 is 0 Å². The second kappa shape index (κ2) is 6.90. The van der Waals surface area contributed by atoms with Gasteiger partial charge in [-0.25, -0.2) is 0 Å². The summed E-state index contributed by atoms with van der Waals surface area (Å²) in [6.45, 7) is 7.29. The summed E-state index contributed by atoms with van der Waals surface area (Å²) in [6.07, 6.45) is 6.34. The number of aromatic nitrogens is 2. The number of nitrogens with zero attached hydrogens (tertiary/aromatic N) is 1. The van der Waals surface area contributed by atoms with Crippen molar-refractivity contribution >= 4 is 0 Å². The minimum Gasteiger partial charge on any atom is -0.315 e. The number of fused-ring (bicyclic) bond motifs is 1. The molecule has 1 aliphatic carbocycles. The van der Waals surface area contributed by atoms with E-state index in [9.17, 15) is 0 Å². The molecule has 1 aromatic rings. The van der Waals surface area contributed by atoms with Gasteiger partial charge in [-0.05, 0) is 44.7 Å². The molecule has 0 aromatic carbocycles. The third kappa shape index (κ3) is 3.56. The van der Waals surface area contributed by atoms with E-state index in [0.29, 0.717) is 6.04 Å². The standard InChI is InChI=1S/C14H26N4/c1-3-15-9-11(2)16-10-14-12-7-5-4-6-8-13(12)17-18-14/h11,15-16H,3-10H2,1-2H3,(H,17,18). The van der Waals surface area contributed by atoms with Crippen molar-refractivity contribution in [3.63, 3.8) is 0 Å². The average molecular weight is 250 g/mol. The number of nitrogens with one attached hydrogen (secondary N) is 3. The predicted octanol–water partition coefficient (Wildman–Crippen LogP) is 1.77. The molecule has 1 aliphatic rings. The van der Waals surface area contributed by atoms with E-state index in [2.05, 4.69) is 34.7 Å². The monoisotopic (exact) mass is 250 g/mol. The van der Waals surface area contributed by atoms with Gasteiger partial charge in [0.2, 0.25) is 0 Å². The number of hydrogen-bond acceptors (Lipinski definition) is 3. The number of likely N-dealkylation sites (N-methyl/N-ethyl adjacent to an activating group) is 1. The Morgan fingerprint density at radius 1 is 1.28 bits per heavy atom. The van der Waals surface area contributed by atoms with Crippen molar-refractivity contribution in [2.24, 2.45) is 0 Å². The Balaban J connectivity index is 1.87. The first-order valence-corrected chi connectivity index (χ1v) is 7.30. The molecule has 0 saturated heterocycles. The molecule has 0 fully saturated rings. The van der Waals surface area contributed by atoms with Gasteiger partial charge >= 0.3 is 0 Å². The summed E-state index contributed by atoms with van der Waals surface area (Å²) in [5.41, 5.74) is 4.09. The van der Waals surface area contributed by atoms with Gasteiger partial charge in [-0.3, -0.25) is 5.10 Å². The maximum absolute atomic E-state index is 4.48. The summed E-state index contributed by atoms with van der Waals surface area (Å²) in [6, 6.07) is 0.489. The highest BCUT2D eigenvalue weighted by Crippen LogP contribution is 2.21. The van der Waals surface area contributed by atoms with Crippen LogP contribution >= 0.6 is 0 Å². The molecule has 102 valence electrons. The van der Waals surface area contributed by atoms with Gasteiger partial charge in [0.05, 0.1) is 5.69 Å². The third-order valence-corrected chi connectivity index (χ3v) is 3.71. The SMILES string of the molecule is CCNCC(C)NCc1n[nH]c2c1CCCCC2. The minimum atomic E-state index is 0.489. The van der Waals surface area contributed by atoms with Gasteiger partial charge in [-0.2, -0.15) is 5.10 Å². The number of aromatic amines is 1. The predicted molar refractivity (Wildman–Crippen MR) is 74.7 cm³/mol. The lowest BCUT2D eigenvalue weighted by atomic mass is 10.1. The molecule has 18 heavy (non-hydrogen) atoms. The lowest BCUT2D eigenvalue weighted by molar-refractivity contribution is 0.503. The Kier molecular flexibility index (Phi) is 5.20. The first-order chi connectivity index (χ1) is 8.81. The first-order valence-electron chi connectivity index (χ1n) is 7.30. The Bertz CT molecular complexity index is 359. The van der Waals surface area contributed by atoms with Crippen LogP contribution in [0.2, 0.25) is 0 Å². The molecule has 0 aliphatic heterocycles. The molecule has 0 bridgehead atoms. The van der Waals surface area contributed by atoms with Crippen LogP contribution in [-0.2, 0) is 19.4 Å². The highest BCUT2D eigenvalue weighted by Gasteiger charge is 2.15. The second-order valence-corrected chi connectivity index (χ2v) is 5.28. The van der Waals surface area contributed by atoms with E-state index in [0.717, 1.165) is 19.6 Å². The summed E-state index contributed by atoms with van der Waals surface area (Å²) in [7, 11) is 0. The quantitative estimate of drug-likeness (QED) is 0.674. The van der Waals surface area contributed by atoms with Gasteiger partial charge in [0.15, 0.2) is 0 Å². The van der Waals surface area contributed by atoms with Crippen LogP contribution in [-0.4, -0.2) is 29.3 Å². The molecular formula is C14H26N4. The Morgan fingerprint density at radius 2 is 2.11 bits per heavy atom. The van der Waals surface area contributed by atoms with Crippen LogP contribution in [0.25, 0.3) is 0 Å². The van der Waals surface area contributed by atoms with Gasteiger partial charge in [0, 0.05) is 24.8 Å². The smallest absolute Gasteiger partial charge is 0.0794 e. The van der Waals surface area contributed by atoms with Crippen LogP contribution in [0.15, 0.2) is 0 Å². The Morgan fingerprint density at radius 3 is 2.94 bits per heavy atom. The maximum Gasteiger partial charge on any atom is 0.0794 e. The zero-order valence-corrected chi connectivity index (χ0v) is 11.7. The maximum atomic E-state index is 4.48. The third-order valence-electron chi connectivity index (χ3n) is 3.71. The zero-order valence-electron chi connectivity index (χ0n) is 11.7. The van der Waals surface area contributed by atoms with Crippen molar-refractivity contribution in [2.75, 3.05) is 13.1 Å². The van der Waals surface area contributed by atoms with Gasteiger partial charge < -0.3 is 10.6 Å². The van der Waals surface area contributed by atoms with E-state index in [1.165, 1.54) is 49.1 Å². The molecule has 1 unspecified atom stereocenters. The van der Waals surface area contributed by atoms with E-state index in [-0.39, 0.29) is 0 Å². The molecule has 4 nitrogen and oxygen atoms in total. The fraction of sp³-hybridized carbons (Fsp3) is 0.786. The number of aryl methyl sites for hydroxylation is 1. The van der Waals surface area contributed by atoms with Crippen LogP contribution < -0.4 is 10.6 Å². The fourth-order valence-electron chi connectivity index (χ4n) is 2.58. The first kappa shape index (κ1) is 13.6. The summed E-state index contributed by atoms with van der Waals surface area (Å²) in [4.78, 5) is 0. The molecule has 1 aromatic heterocycles. The van der Waals surface area contributed by atoms with Crippen LogP contribution in [0, 0.1) is 0 Å². The van der Waals surface area contributed by atoms with E-state index >= 15 is 0 Å².